The van der Waals surface area contributed by atoms with Crippen LogP contribution < -0.4 is 0 Å². The van der Waals surface area contributed by atoms with Crippen LogP contribution in [-0.2, 0) is 9.53 Å². The summed E-state index contributed by atoms with van der Waals surface area (Å²) in [6.45, 7) is 0.359. The van der Waals surface area contributed by atoms with Gasteiger partial charge in [0.1, 0.15) is 6.29 Å². The van der Waals surface area contributed by atoms with Crippen molar-refractivity contribution in [2.45, 2.75) is 12.5 Å². The van der Waals surface area contributed by atoms with Crippen LogP contribution in [-0.4, -0.2) is 30.9 Å². The van der Waals surface area contributed by atoms with Crippen LogP contribution in [0.1, 0.15) is 23.7 Å². The van der Waals surface area contributed by atoms with E-state index < -0.39 is 12.2 Å². The SMILES string of the molecule is CN(CCC=O)C(=O)OC1c2ccccc2-c2ccccc21. The number of benzene rings is 2. The number of ether oxygens (including phenoxy) is 1. The largest absolute Gasteiger partial charge is 0.436 e. The van der Waals surface area contributed by atoms with E-state index in [0.29, 0.717) is 13.0 Å². The Balaban J connectivity index is 1.88. The molecule has 0 fully saturated rings. The lowest BCUT2D eigenvalue weighted by atomic mass is 10.1. The molecule has 2 aromatic rings. The number of amides is 1. The Morgan fingerprint density at radius 1 is 1.09 bits per heavy atom. The van der Waals surface area contributed by atoms with E-state index in [1.54, 1.807) is 7.05 Å². The highest BCUT2D eigenvalue weighted by Crippen LogP contribution is 2.45. The van der Waals surface area contributed by atoms with Crippen LogP contribution in [0.4, 0.5) is 4.79 Å². The van der Waals surface area contributed by atoms with Crippen molar-refractivity contribution in [2.24, 2.45) is 0 Å². The molecule has 112 valence electrons. The van der Waals surface area contributed by atoms with Gasteiger partial charge in [-0.25, -0.2) is 4.79 Å². The first-order valence-electron chi connectivity index (χ1n) is 7.26. The molecule has 22 heavy (non-hydrogen) atoms. The summed E-state index contributed by atoms with van der Waals surface area (Å²) in [5.41, 5.74) is 4.21. The molecule has 0 aromatic heterocycles. The minimum atomic E-state index is -0.418. The molecule has 0 radical (unpaired) electrons. The van der Waals surface area contributed by atoms with Crippen molar-refractivity contribution in [3.8, 4) is 11.1 Å². The molecule has 4 heteroatoms. The van der Waals surface area contributed by atoms with Crippen LogP contribution in [0, 0.1) is 0 Å². The summed E-state index contributed by atoms with van der Waals surface area (Å²) in [6.07, 6.45) is 0.296. The Morgan fingerprint density at radius 2 is 1.64 bits per heavy atom. The van der Waals surface area contributed by atoms with Gasteiger partial charge in [0.05, 0.1) is 0 Å². The van der Waals surface area contributed by atoms with E-state index >= 15 is 0 Å². The van der Waals surface area contributed by atoms with Gasteiger partial charge in [0, 0.05) is 31.1 Å². The van der Waals surface area contributed by atoms with E-state index in [-0.39, 0.29) is 0 Å². The molecule has 0 bridgehead atoms. The zero-order chi connectivity index (χ0) is 15.5. The van der Waals surface area contributed by atoms with Crippen LogP contribution in [0.5, 0.6) is 0 Å². The second-order valence-electron chi connectivity index (χ2n) is 5.32. The normalized spacial score (nSPS) is 12.4. The highest BCUT2D eigenvalue weighted by molar-refractivity contribution is 5.79. The number of hydrogen-bond acceptors (Lipinski definition) is 3. The number of aldehydes is 1. The number of rotatable bonds is 4. The maximum Gasteiger partial charge on any atom is 0.410 e. The predicted octanol–water partition coefficient (Wildman–Crippen LogP) is 3.41. The van der Waals surface area contributed by atoms with Gasteiger partial charge in [-0.2, -0.15) is 0 Å². The first-order chi connectivity index (χ1) is 10.7. The smallest absolute Gasteiger partial charge is 0.410 e. The lowest BCUT2D eigenvalue weighted by Gasteiger charge is -2.20. The standard InChI is InChI=1S/C18H17NO3/c1-19(11-6-12-20)18(21)22-17-15-9-4-2-7-13(15)14-8-3-5-10-16(14)17/h2-5,7-10,12,17H,6,11H2,1H3. The van der Waals surface area contributed by atoms with E-state index in [0.717, 1.165) is 28.5 Å². The van der Waals surface area contributed by atoms with Crippen molar-refractivity contribution in [1.29, 1.82) is 0 Å². The van der Waals surface area contributed by atoms with E-state index in [1.165, 1.54) is 4.90 Å². The third-order valence-corrected chi connectivity index (χ3v) is 3.89. The van der Waals surface area contributed by atoms with E-state index in [1.807, 2.05) is 48.5 Å². The molecular weight excluding hydrogens is 278 g/mol. The van der Waals surface area contributed by atoms with Crippen molar-refractivity contribution in [1.82, 2.24) is 4.90 Å². The predicted molar refractivity (Wildman–Crippen MR) is 83.5 cm³/mol. The summed E-state index contributed by atoms with van der Waals surface area (Å²) in [7, 11) is 1.64. The topological polar surface area (TPSA) is 46.6 Å². The Labute approximate surface area is 129 Å². The molecule has 1 aliphatic carbocycles. The summed E-state index contributed by atoms with van der Waals surface area (Å²) in [4.78, 5) is 24.1. The maximum atomic E-state index is 12.2. The maximum absolute atomic E-state index is 12.2. The van der Waals surface area contributed by atoms with Crippen molar-refractivity contribution >= 4 is 12.4 Å². The quantitative estimate of drug-likeness (QED) is 0.812. The van der Waals surface area contributed by atoms with Gasteiger partial charge >= 0.3 is 6.09 Å². The van der Waals surface area contributed by atoms with Crippen LogP contribution in [0.2, 0.25) is 0 Å². The Morgan fingerprint density at radius 3 is 2.18 bits per heavy atom. The highest BCUT2D eigenvalue weighted by Gasteiger charge is 2.31. The molecule has 0 aliphatic heterocycles. The van der Waals surface area contributed by atoms with Crippen LogP contribution in [0.25, 0.3) is 11.1 Å². The van der Waals surface area contributed by atoms with E-state index in [9.17, 15) is 9.59 Å². The van der Waals surface area contributed by atoms with Crippen molar-refractivity contribution < 1.29 is 14.3 Å². The molecule has 0 heterocycles. The minimum absolute atomic E-state index is 0.309. The van der Waals surface area contributed by atoms with Gasteiger partial charge in [0.2, 0.25) is 0 Å². The van der Waals surface area contributed by atoms with Crippen molar-refractivity contribution in [3.63, 3.8) is 0 Å². The number of carbonyl (C=O) groups is 2. The number of fused-ring (bicyclic) bond motifs is 3. The fraction of sp³-hybridized carbons (Fsp3) is 0.222. The van der Waals surface area contributed by atoms with Gasteiger partial charge in [-0.15, -0.1) is 0 Å². The first-order valence-corrected chi connectivity index (χ1v) is 7.26. The molecule has 4 nitrogen and oxygen atoms in total. The second kappa shape index (κ2) is 6.02. The molecular formula is C18H17NO3. The molecule has 0 saturated heterocycles. The van der Waals surface area contributed by atoms with Crippen molar-refractivity contribution in [2.75, 3.05) is 13.6 Å². The molecule has 0 N–H and O–H groups in total. The van der Waals surface area contributed by atoms with Gasteiger partial charge < -0.3 is 14.4 Å². The minimum Gasteiger partial charge on any atom is -0.436 e. The zero-order valence-corrected chi connectivity index (χ0v) is 12.4. The monoisotopic (exact) mass is 295 g/mol. The number of hydrogen-bond donors (Lipinski definition) is 0. The third kappa shape index (κ3) is 2.48. The lowest BCUT2D eigenvalue weighted by molar-refractivity contribution is -0.108. The van der Waals surface area contributed by atoms with Gasteiger partial charge in [0.25, 0.3) is 0 Å². The number of carbonyl (C=O) groups excluding carboxylic acids is 2. The van der Waals surface area contributed by atoms with E-state index in [4.69, 9.17) is 4.74 Å². The molecule has 0 atom stereocenters. The second-order valence-corrected chi connectivity index (χ2v) is 5.32. The van der Waals surface area contributed by atoms with Crippen LogP contribution >= 0.6 is 0 Å². The molecule has 2 aromatic carbocycles. The third-order valence-electron chi connectivity index (χ3n) is 3.89. The fourth-order valence-electron chi connectivity index (χ4n) is 2.76. The lowest BCUT2D eigenvalue weighted by Crippen LogP contribution is -2.29. The average molecular weight is 295 g/mol. The molecule has 1 aliphatic rings. The Kier molecular flexibility index (Phi) is 3.92. The van der Waals surface area contributed by atoms with Gasteiger partial charge in [-0.1, -0.05) is 48.5 Å². The molecule has 1 amide bonds. The molecule has 0 saturated carbocycles. The number of nitrogens with zero attached hydrogens (tertiary/aromatic N) is 1. The summed E-state index contributed by atoms with van der Waals surface area (Å²) in [6, 6.07) is 15.9. The molecule has 3 rings (SSSR count). The van der Waals surface area contributed by atoms with E-state index in [2.05, 4.69) is 0 Å². The van der Waals surface area contributed by atoms with Crippen LogP contribution in [0.15, 0.2) is 48.5 Å². The Hall–Kier alpha value is -2.62. The fourth-order valence-corrected chi connectivity index (χ4v) is 2.76. The highest BCUT2D eigenvalue weighted by atomic mass is 16.6. The Bertz CT molecular complexity index is 665. The summed E-state index contributed by atoms with van der Waals surface area (Å²) in [5.74, 6) is 0. The average Bonchev–Trinajstić information content (AvgIpc) is 2.87. The summed E-state index contributed by atoms with van der Waals surface area (Å²) < 4.78 is 5.69. The molecule has 0 unspecified atom stereocenters. The zero-order valence-electron chi connectivity index (χ0n) is 12.4. The summed E-state index contributed by atoms with van der Waals surface area (Å²) >= 11 is 0. The first kappa shape index (κ1) is 14.3. The van der Waals surface area contributed by atoms with Crippen LogP contribution in [0.3, 0.4) is 0 Å². The van der Waals surface area contributed by atoms with Crippen molar-refractivity contribution in [3.05, 3.63) is 59.7 Å². The van der Waals surface area contributed by atoms with Gasteiger partial charge in [-0.05, 0) is 11.1 Å². The van der Waals surface area contributed by atoms with Gasteiger partial charge in [0.15, 0.2) is 6.10 Å². The molecule has 0 spiro atoms. The van der Waals surface area contributed by atoms with Gasteiger partial charge in [-0.3, -0.25) is 0 Å². The summed E-state index contributed by atoms with van der Waals surface area (Å²) in [5, 5.41) is 0.